The molecule has 1 atom stereocenters. The normalized spacial score (nSPS) is 19.7. The van der Waals surface area contributed by atoms with Crippen LogP contribution in [-0.4, -0.2) is 24.4 Å². The van der Waals surface area contributed by atoms with Gasteiger partial charge in [-0.2, -0.15) is 0 Å². The minimum absolute atomic E-state index is 0. The first-order valence-electron chi connectivity index (χ1n) is 8.15. The van der Waals surface area contributed by atoms with Crippen molar-refractivity contribution in [2.75, 3.05) is 17.2 Å². The van der Waals surface area contributed by atoms with E-state index in [4.69, 9.17) is 0 Å². The highest BCUT2D eigenvalue weighted by Crippen LogP contribution is 2.30. The van der Waals surface area contributed by atoms with Gasteiger partial charge in [-0.3, -0.25) is 9.59 Å². The van der Waals surface area contributed by atoms with Crippen LogP contribution >= 0.6 is 12.4 Å². The summed E-state index contributed by atoms with van der Waals surface area (Å²) in [4.78, 5) is 23.6. The van der Waals surface area contributed by atoms with Gasteiger partial charge in [0, 0.05) is 29.8 Å². The molecule has 0 aromatic heterocycles. The Labute approximate surface area is 143 Å². The lowest BCUT2D eigenvalue weighted by Crippen LogP contribution is -2.23. The molecule has 1 saturated carbocycles. The number of hydrogen-bond donors (Lipinski definition) is 3. The van der Waals surface area contributed by atoms with Crippen molar-refractivity contribution in [3.05, 3.63) is 24.3 Å². The van der Waals surface area contributed by atoms with E-state index >= 15 is 0 Å². The summed E-state index contributed by atoms with van der Waals surface area (Å²) in [6.07, 6.45) is 5.80. The van der Waals surface area contributed by atoms with Crippen LogP contribution in [0.1, 0.15) is 38.5 Å². The van der Waals surface area contributed by atoms with Crippen molar-refractivity contribution in [3.63, 3.8) is 0 Å². The Morgan fingerprint density at radius 3 is 2.26 bits per heavy atom. The van der Waals surface area contributed by atoms with Crippen molar-refractivity contribution in [2.45, 2.75) is 44.6 Å². The number of anilines is 2. The van der Waals surface area contributed by atoms with E-state index in [2.05, 4.69) is 16.0 Å². The number of nitrogens with one attached hydrogen (secondary N) is 3. The SMILES string of the molecule is Cl.O=C(CCC1CCCN1)Nc1ccc(NC(=O)C2CC2)cc1. The Morgan fingerprint density at radius 1 is 1.04 bits per heavy atom. The zero-order chi connectivity index (χ0) is 15.4. The first-order valence-corrected chi connectivity index (χ1v) is 8.15. The van der Waals surface area contributed by atoms with Crippen LogP contribution in [0.15, 0.2) is 24.3 Å². The van der Waals surface area contributed by atoms with Crippen LogP contribution in [-0.2, 0) is 9.59 Å². The van der Waals surface area contributed by atoms with Crippen LogP contribution in [0, 0.1) is 5.92 Å². The van der Waals surface area contributed by atoms with Crippen molar-refractivity contribution in [2.24, 2.45) is 5.92 Å². The Kier molecular flexibility index (Phi) is 6.42. The lowest BCUT2D eigenvalue weighted by atomic mass is 10.1. The fourth-order valence-corrected chi connectivity index (χ4v) is 2.76. The highest BCUT2D eigenvalue weighted by molar-refractivity contribution is 5.95. The van der Waals surface area contributed by atoms with E-state index in [9.17, 15) is 9.59 Å². The van der Waals surface area contributed by atoms with Crippen LogP contribution in [0.25, 0.3) is 0 Å². The molecule has 2 aliphatic rings. The molecule has 2 fully saturated rings. The van der Waals surface area contributed by atoms with Gasteiger partial charge in [-0.15, -0.1) is 12.4 Å². The number of halogens is 1. The Balaban J connectivity index is 0.00000192. The number of benzene rings is 1. The van der Waals surface area contributed by atoms with E-state index in [1.807, 2.05) is 24.3 Å². The third-order valence-corrected chi connectivity index (χ3v) is 4.27. The molecule has 1 unspecified atom stereocenters. The number of rotatable bonds is 6. The minimum atomic E-state index is 0. The van der Waals surface area contributed by atoms with Crippen molar-refractivity contribution >= 4 is 35.6 Å². The van der Waals surface area contributed by atoms with E-state index in [1.54, 1.807) is 0 Å². The average molecular weight is 338 g/mol. The third-order valence-electron chi connectivity index (χ3n) is 4.27. The standard InChI is InChI=1S/C17H23N3O2.ClH/c21-16(10-9-13-2-1-11-18-13)19-14-5-7-15(8-6-14)20-17(22)12-3-4-12;/h5-8,12-13,18H,1-4,9-11H2,(H,19,21)(H,20,22);1H. The molecule has 5 nitrogen and oxygen atoms in total. The maximum absolute atomic E-state index is 11.9. The van der Waals surface area contributed by atoms with Gasteiger partial charge in [-0.05, 0) is 62.9 Å². The quantitative estimate of drug-likeness (QED) is 0.747. The molecule has 0 spiro atoms. The van der Waals surface area contributed by atoms with Gasteiger partial charge in [0.2, 0.25) is 11.8 Å². The topological polar surface area (TPSA) is 70.2 Å². The molecule has 1 saturated heterocycles. The average Bonchev–Trinajstić information content (AvgIpc) is 3.24. The molecule has 6 heteroatoms. The highest BCUT2D eigenvalue weighted by atomic mass is 35.5. The summed E-state index contributed by atoms with van der Waals surface area (Å²) in [5, 5.41) is 9.18. The Morgan fingerprint density at radius 2 is 1.70 bits per heavy atom. The lowest BCUT2D eigenvalue weighted by molar-refractivity contribution is -0.117. The van der Waals surface area contributed by atoms with Crippen molar-refractivity contribution in [1.29, 1.82) is 0 Å². The van der Waals surface area contributed by atoms with Gasteiger partial charge in [-0.25, -0.2) is 0 Å². The van der Waals surface area contributed by atoms with E-state index in [0.717, 1.165) is 37.2 Å². The van der Waals surface area contributed by atoms with Gasteiger partial charge >= 0.3 is 0 Å². The lowest BCUT2D eigenvalue weighted by Gasteiger charge is -2.10. The minimum Gasteiger partial charge on any atom is -0.326 e. The predicted molar refractivity (Wildman–Crippen MR) is 93.9 cm³/mol. The molecule has 1 aromatic rings. The summed E-state index contributed by atoms with van der Waals surface area (Å²) < 4.78 is 0. The maximum atomic E-state index is 11.9. The van der Waals surface area contributed by atoms with Gasteiger partial charge in [0.25, 0.3) is 0 Å². The van der Waals surface area contributed by atoms with Gasteiger partial charge in [-0.1, -0.05) is 0 Å². The smallest absolute Gasteiger partial charge is 0.227 e. The Hall–Kier alpha value is -1.59. The molecule has 0 radical (unpaired) electrons. The molecular weight excluding hydrogens is 314 g/mol. The van der Waals surface area contributed by atoms with Gasteiger partial charge < -0.3 is 16.0 Å². The molecule has 0 bridgehead atoms. The summed E-state index contributed by atoms with van der Waals surface area (Å²) in [7, 11) is 0. The highest BCUT2D eigenvalue weighted by Gasteiger charge is 2.29. The Bertz CT molecular complexity index is 537. The molecule has 1 aliphatic heterocycles. The second-order valence-corrected chi connectivity index (χ2v) is 6.22. The van der Waals surface area contributed by atoms with E-state index < -0.39 is 0 Å². The zero-order valence-corrected chi connectivity index (χ0v) is 14.0. The molecule has 23 heavy (non-hydrogen) atoms. The van der Waals surface area contributed by atoms with E-state index in [0.29, 0.717) is 12.5 Å². The van der Waals surface area contributed by atoms with Gasteiger partial charge in [0.1, 0.15) is 0 Å². The van der Waals surface area contributed by atoms with Crippen LogP contribution in [0.3, 0.4) is 0 Å². The number of hydrogen-bond acceptors (Lipinski definition) is 3. The first-order chi connectivity index (χ1) is 10.7. The number of amides is 2. The molecule has 126 valence electrons. The number of carbonyl (C=O) groups is 2. The second kappa shape index (κ2) is 8.31. The van der Waals surface area contributed by atoms with E-state index in [-0.39, 0.29) is 30.1 Å². The second-order valence-electron chi connectivity index (χ2n) is 6.22. The molecule has 1 aromatic carbocycles. The summed E-state index contributed by atoms with van der Waals surface area (Å²) in [6.45, 7) is 1.07. The zero-order valence-electron chi connectivity index (χ0n) is 13.1. The van der Waals surface area contributed by atoms with Crippen molar-refractivity contribution < 1.29 is 9.59 Å². The monoisotopic (exact) mass is 337 g/mol. The molecule has 1 aliphatic carbocycles. The van der Waals surface area contributed by atoms with Crippen LogP contribution < -0.4 is 16.0 Å². The van der Waals surface area contributed by atoms with Crippen molar-refractivity contribution in [3.8, 4) is 0 Å². The maximum Gasteiger partial charge on any atom is 0.227 e. The largest absolute Gasteiger partial charge is 0.326 e. The summed E-state index contributed by atoms with van der Waals surface area (Å²) in [5.41, 5.74) is 1.55. The molecule has 2 amide bonds. The van der Waals surface area contributed by atoms with Gasteiger partial charge in [0.15, 0.2) is 0 Å². The van der Waals surface area contributed by atoms with Crippen LogP contribution in [0.5, 0.6) is 0 Å². The molecular formula is C17H24ClN3O2. The molecule has 3 N–H and O–H groups in total. The fraction of sp³-hybridized carbons (Fsp3) is 0.529. The third kappa shape index (κ3) is 5.52. The first kappa shape index (κ1) is 17.8. The van der Waals surface area contributed by atoms with Crippen LogP contribution in [0.4, 0.5) is 11.4 Å². The fourth-order valence-electron chi connectivity index (χ4n) is 2.76. The molecule has 3 rings (SSSR count). The van der Waals surface area contributed by atoms with Crippen molar-refractivity contribution in [1.82, 2.24) is 5.32 Å². The van der Waals surface area contributed by atoms with Crippen LogP contribution in [0.2, 0.25) is 0 Å². The predicted octanol–water partition coefficient (Wildman–Crippen LogP) is 2.93. The summed E-state index contributed by atoms with van der Waals surface area (Å²) in [6, 6.07) is 7.80. The summed E-state index contributed by atoms with van der Waals surface area (Å²) in [5.74, 6) is 0.341. The van der Waals surface area contributed by atoms with Gasteiger partial charge in [0.05, 0.1) is 0 Å². The van der Waals surface area contributed by atoms with E-state index in [1.165, 1.54) is 12.8 Å². The molecule has 1 heterocycles. The summed E-state index contributed by atoms with van der Waals surface area (Å²) >= 11 is 0. The number of carbonyl (C=O) groups excluding carboxylic acids is 2.